The summed E-state index contributed by atoms with van der Waals surface area (Å²) < 4.78 is 1.04. The predicted octanol–water partition coefficient (Wildman–Crippen LogP) is 3.00. The first-order chi connectivity index (χ1) is 6.15. The SMILES string of the molecule is CCCN(C)c1ncc(Br)cc1C. The molecule has 0 spiro atoms. The second-order valence-electron chi connectivity index (χ2n) is 3.22. The number of anilines is 1. The molecule has 2 nitrogen and oxygen atoms in total. The minimum absolute atomic E-state index is 1.04. The van der Waals surface area contributed by atoms with Crippen molar-refractivity contribution < 1.29 is 0 Å². The molecule has 0 aliphatic heterocycles. The molecule has 0 atom stereocenters. The van der Waals surface area contributed by atoms with Crippen LogP contribution >= 0.6 is 15.9 Å². The quantitative estimate of drug-likeness (QED) is 0.811. The van der Waals surface area contributed by atoms with E-state index in [1.165, 1.54) is 5.56 Å². The van der Waals surface area contributed by atoms with Gasteiger partial charge in [-0.25, -0.2) is 4.98 Å². The Hall–Kier alpha value is -0.570. The Kier molecular flexibility index (Phi) is 3.72. The average Bonchev–Trinajstić information content (AvgIpc) is 2.04. The molecule has 1 aromatic heterocycles. The first-order valence-corrected chi connectivity index (χ1v) is 5.27. The monoisotopic (exact) mass is 242 g/mol. The van der Waals surface area contributed by atoms with Gasteiger partial charge in [0.1, 0.15) is 5.82 Å². The highest BCUT2D eigenvalue weighted by molar-refractivity contribution is 9.10. The second-order valence-corrected chi connectivity index (χ2v) is 4.13. The van der Waals surface area contributed by atoms with E-state index in [9.17, 15) is 0 Å². The molecule has 0 saturated heterocycles. The van der Waals surface area contributed by atoms with Crippen molar-refractivity contribution in [3.05, 3.63) is 22.3 Å². The molecular formula is C10H15BrN2. The Morgan fingerprint density at radius 3 is 2.77 bits per heavy atom. The van der Waals surface area contributed by atoms with Crippen LogP contribution in [0.1, 0.15) is 18.9 Å². The molecular weight excluding hydrogens is 228 g/mol. The van der Waals surface area contributed by atoms with Crippen LogP contribution in [0.4, 0.5) is 5.82 Å². The van der Waals surface area contributed by atoms with Gasteiger partial charge in [-0.1, -0.05) is 6.92 Å². The molecule has 0 unspecified atom stereocenters. The minimum atomic E-state index is 1.04. The highest BCUT2D eigenvalue weighted by Gasteiger charge is 2.04. The summed E-state index contributed by atoms with van der Waals surface area (Å²) in [6.07, 6.45) is 2.99. The number of aryl methyl sites for hydroxylation is 1. The van der Waals surface area contributed by atoms with E-state index in [0.717, 1.165) is 23.3 Å². The highest BCUT2D eigenvalue weighted by atomic mass is 79.9. The van der Waals surface area contributed by atoms with E-state index in [4.69, 9.17) is 0 Å². The lowest BCUT2D eigenvalue weighted by Crippen LogP contribution is -2.19. The predicted molar refractivity (Wildman–Crippen MR) is 60.2 cm³/mol. The van der Waals surface area contributed by atoms with E-state index in [1.54, 1.807) is 0 Å². The van der Waals surface area contributed by atoms with E-state index in [1.807, 2.05) is 6.20 Å². The Morgan fingerprint density at radius 2 is 2.23 bits per heavy atom. The van der Waals surface area contributed by atoms with Crippen LogP contribution in [0.2, 0.25) is 0 Å². The van der Waals surface area contributed by atoms with Crippen molar-refractivity contribution in [3.8, 4) is 0 Å². The van der Waals surface area contributed by atoms with E-state index in [2.05, 4.69) is 52.8 Å². The van der Waals surface area contributed by atoms with Gasteiger partial charge in [-0.15, -0.1) is 0 Å². The molecule has 0 fully saturated rings. The van der Waals surface area contributed by atoms with Crippen molar-refractivity contribution in [2.75, 3.05) is 18.5 Å². The van der Waals surface area contributed by atoms with Crippen LogP contribution in [0, 0.1) is 6.92 Å². The minimum Gasteiger partial charge on any atom is -0.359 e. The maximum absolute atomic E-state index is 4.38. The molecule has 0 bridgehead atoms. The molecule has 1 aromatic rings. The average molecular weight is 243 g/mol. The number of hydrogen-bond donors (Lipinski definition) is 0. The van der Waals surface area contributed by atoms with Crippen molar-refractivity contribution in [2.24, 2.45) is 0 Å². The van der Waals surface area contributed by atoms with E-state index < -0.39 is 0 Å². The van der Waals surface area contributed by atoms with Crippen LogP contribution < -0.4 is 4.90 Å². The summed E-state index contributed by atoms with van der Waals surface area (Å²) in [5.41, 5.74) is 1.21. The Bertz CT molecular complexity index is 286. The van der Waals surface area contributed by atoms with Gasteiger partial charge in [0.2, 0.25) is 0 Å². The van der Waals surface area contributed by atoms with Gasteiger partial charge in [0.15, 0.2) is 0 Å². The molecule has 72 valence electrons. The highest BCUT2D eigenvalue weighted by Crippen LogP contribution is 2.19. The fourth-order valence-corrected chi connectivity index (χ4v) is 1.82. The van der Waals surface area contributed by atoms with Gasteiger partial charge in [-0.3, -0.25) is 0 Å². The molecule has 1 heterocycles. The Morgan fingerprint density at radius 1 is 1.54 bits per heavy atom. The van der Waals surface area contributed by atoms with Gasteiger partial charge < -0.3 is 4.90 Å². The summed E-state index contributed by atoms with van der Waals surface area (Å²) >= 11 is 3.40. The first kappa shape index (κ1) is 10.5. The number of rotatable bonds is 3. The summed E-state index contributed by atoms with van der Waals surface area (Å²) in [5.74, 6) is 1.07. The standard InChI is InChI=1S/C10H15BrN2/c1-4-5-13(3)10-8(2)6-9(11)7-12-10/h6-7H,4-5H2,1-3H3. The molecule has 13 heavy (non-hydrogen) atoms. The zero-order chi connectivity index (χ0) is 9.84. The normalized spacial score (nSPS) is 10.2. The molecule has 1 rings (SSSR count). The summed E-state index contributed by atoms with van der Waals surface area (Å²) in [5, 5.41) is 0. The lowest BCUT2D eigenvalue weighted by molar-refractivity contribution is 0.833. The van der Waals surface area contributed by atoms with Crippen LogP contribution in [0.3, 0.4) is 0 Å². The molecule has 0 amide bonds. The zero-order valence-electron chi connectivity index (χ0n) is 8.34. The first-order valence-electron chi connectivity index (χ1n) is 4.48. The third-order valence-electron chi connectivity index (χ3n) is 1.94. The van der Waals surface area contributed by atoms with E-state index in [-0.39, 0.29) is 0 Å². The maximum atomic E-state index is 4.38. The lowest BCUT2D eigenvalue weighted by atomic mass is 10.2. The lowest BCUT2D eigenvalue weighted by Gasteiger charge is -2.19. The van der Waals surface area contributed by atoms with Crippen LogP contribution in [0.15, 0.2) is 16.7 Å². The van der Waals surface area contributed by atoms with Gasteiger partial charge in [-0.2, -0.15) is 0 Å². The molecule has 0 aromatic carbocycles. The summed E-state index contributed by atoms with van der Waals surface area (Å²) in [6.45, 7) is 5.30. The van der Waals surface area contributed by atoms with Crippen molar-refractivity contribution >= 4 is 21.7 Å². The Labute approximate surface area is 88.1 Å². The smallest absolute Gasteiger partial charge is 0.131 e. The van der Waals surface area contributed by atoms with Crippen molar-refractivity contribution in [1.29, 1.82) is 0 Å². The fraction of sp³-hybridized carbons (Fsp3) is 0.500. The Balaban J connectivity index is 2.88. The molecule has 0 aliphatic carbocycles. The van der Waals surface area contributed by atoms with Gasteiger partial charge in [-0.05, 0) is 40.9 Å². The summed E-state index contributed by atoms with van der Waals surface area (Å²) in [6, 6.07) is 2.09. The fourth-order valence-electron chi connectivity index (χ4n) is 1.37. The summed E-state index contributed by atoms with van der Waals surface area (Å²) in [7, 11) is 2.08. The van der Waals surface area contributed by atoms with Gasteiger partial charge in [0.25, 0.3) is 0 Å². The largest absolute Gasteiger partial charge is 0.359 e. The van der Waals surface area contributed by atoms with Gasteiger partial charge in [0, 0.05) is 24.3 Å². The third kappa shape index (κ3) is 2.69. The molecule has 3 heteroatoms. The molecule has 0 radical (unpaired) electrons. The van der Waals surface area contributed by atoms with Gasteiger partial charge >= 0.3 is 0 Å². The van der Waals surface area contributed by atoms with Crippen LogP contribution in [-0.2, 0) is 0 Å². The molecule has 0 N–H and O–H groups in total. The molecule has 0 saturated carbocycles. The van der Waals surface area contributed by atoms with E-state index >= 15 is 0 Å². The third-order valence-corrected chi connectivity index (χ3v) is 2.37. The summed E-state index contributed by atoms with van der Waals surface area (Å²) in [4.78, 5) is 6.56. The maximum Gasteiger partial charge on any atom is 0.131 e. The van der Waals surface area contributed by atoms with Crippen molar-refractivity contribution in [2.45, 2.75) is 20.3 Å². The van der Waals surface area contributed by atoms with Crippen LogP contribution in [0.5, 0.6) is 0 Å². The van der Waals surface area contributed by atoms with Crippen molar-refractivity contribution in [3.63, 3.8) is 0 Å². The van der Waals surface area contributed by atoms with Crippen molar-refractivity contribution in [1.82, 2.24) is 4.98 Å². The zero-order valence-corrected chi connectivity index (χ0v) is 9.93. The molecule has 0 aliphatic rings. The van der Waals surface area contributed by atoms with E-state index in [0.29, 0.717) is 0 Å². The number of hydrogen-bond acceptors (Lipinski definition) is 2. The second kappa shape index (κ2) is 4.61. The number of nitrogens with zero attached hydrogens (tertiary/aromatic N) is 2. The van der Waals surface area contributed by atoms with Crippen LogP contribution in [-0.4, -0.2) is 18.6 Å². The number of halogens is 1. The van der Waals surface area contributed by atoms with Crippen LogP contribution in [0.25, 0.3) is 0 Å². The number of aromatic nitrogens is 1. The topological polar surface area (TPSA) is 16.1 Å². The van der Waals surface area contributed by atoms with Gasteiger partial charge in [0.05, 0.1) is 0 Å². The number of pyridine rings is 1.